The molecular formula is C16H14N2O2S. The van der Waals surface area contributed by atoms with Crippen LogP contribution < -0.4 is 4.72 Å². The van der Waals surface area contributed by atoms with E-state index in [4.69, 9.17) is 4.52 Å². The van der Waals surface area contributed by atoms with Crippen LogP contribution in [0.25, 0.3) is 11.3 Å². The summed E-state index contributed by atoms with van der Waals surface area (Å²) in [6.45, 7) is 1.99. The highest BCUT2D eigenvalue weighted by Gasteiger charge is 2.09. The summed E-state index contributed by atoms with van der Waals surface area (Å²) < 4.78 is 20.3. The number of hydrogen-bond donors (Lipinski definition) is 1. The van der Waals surface area contributed by atoms with E-state index in [1.54, 1.807) is 6.07 Å². The number of nitrogens with zero attached hydrogens (tertiary/aromatic N) is 1. The van der Waals surface area contributed by atoms with Crippen LogP contribution in [-0.2, 0) is 11.0 Å². The maximum absolute atomic E-state index is 12.2. The number of aromatic nitrogens is 1. The predicted octanol–water partition coefficient (Wildman–Crippen LogP) is 3.78. The van der Waals surface area contributed by atoms with Crippen LogP contribution in [0, 0.1) is 6.92 Å². The van der Waals surface area contributed by atoms with Crippen LogP contribution in [0.2, 0.25) is 0 Å². The van der Waals surface area contributed by atoms with Crippen molar-refractivity contribution >= 4 is 16.8 Å². The third kappa shape index (κ3) is 3.20. The molecule has 3 aromatic rings. The molecule has 1 unspecified atom stereocenters. The Bertz CT molecular complexity index is 751. The monoisotopic (exact) mass is 298 g/mol. The van der Waals surface area contributed by atoms with Crippen LogP contribution in [0.5, 0.6) is 0 Å². The van der Waals surface area contributed by atoms with Crippen molar-refractivity contribution < 1.29 is 8.73 Å². The maximum Gasteiger partial charge on any atom is 0.181 e. The molecule has 1 N–H and O–H groups in total. The molecule has 0 radical (unpaired) electrons. The first-order valence-electron chi connectivity index (χ1n) is 6.49. The van der Waals surface area contributed by atoms with Crippen LogP contribution >= 0.6 is 0 Å². The first-order valence-corrected chi connectivity index (χ1v) is 7.64. The molecule has 21 heavy (non-hydrogen) atoms. The van der Waals surface area contributed by atoms with Crippen LogP contribution in [-0.4, -0.2) is 9.37 Å². The lowest BCUT2D eigenvalue weighted by Gasteiger charge is -2.02. The van der Waals surface area contributed by atoms with Gasteiger partial charge in [0.05, 0.1) is 4.90 Å². The van der Waals surface area contributed by atoms with Crippen molar-refractivity contribution in [1.82, 2.24) is 5.16 Å². The van der Waals surface area contributed by atoms with E-state index >= 15 is 0 Å². The van der Waals surface area contributed by atoms with E-state index in [2.05, 4.69) is 9.88 Å². The van der Waals surface area contributed by atoms with Gasteiger partial charge in [-0.2, -0.15) is 0 Å². The maximum atomic E-state index is 12.2. The zero-order valence-electron chi connectivity index (χ0n) is 11.4. The van der Waals surface area contributed by atoms with Crippen molar-refractivity contribution in [2.45, 2.75) is 11.8 Å². The van der Waals surface area contributed by atoms with E-state index in [0.29, 0.717) is 16.5 Å². The summed E-state index contributed by atoms with van der Waals surface area (Å²) >= 11 is 0. The van der Waals surface area contributed by atoms with E-state index in [-0.39, 0.29) is 0 Å². The van der Waals surface area contributed by atoms with Crippen molar-refractivity contribution in [1.29, 1.82) is 0 Å². The molecule has 0 bridgehead atoms. The Morgan fingerprint density at radius 1 is 1.05 bits per heavy atom. The first kappa shape index (κ1) is 13.6. The highest BCUT2D eigenvalue weighted by Crippen LogP contribution is 2.22. The molecule has 0 aliphatic rings. The molecule has 3 rings (SSSR count). The van der Waals surface area contributed by atoms with Gasteiger partial charge >= 0.3 is 0 Å². The molecule has 0 fully saturated rings. The van der Waals surface area contributed by atoms with Crippen molar-refractivity contribution in [2.75, 3.05) is 4.72 Å². The van der Waals surface area contributed by atoms with Crippen molar-refractivity contribution in [3.63, 3.8) is 0 Å². The second-order valence-electron chi connectivity index (χ2n) is 4.63. The number of nitrogens with one attached hydrogen (secondary N) is 1. The standard InChI is InChI=1S/C16H14N2O2S/c1-12-7-9-14(10-8-12)21(19)18-16-11-15(20-17-16)13-5-3-2-4-6-13/h2-11H,1H3,(H,17,18). The predicted molar refractivity (Wildman–Crippen MR) is 83.1 cm³/mol. The number of aryl methyl sites for hydroxylation is 1. The smallest absolute Gasteiger partial charge is 0.181 e. The van der Waals surface area contributed by atoms with Gasteiger partial charge in [0.25, 0.3) is 0 Å². The van der Waals surface area contributed by atoms with E-state index < -0.39 is 11.0 Å². The normalized spacial score (nSPS) is 12.0. The number of rotatable bonds is 4. The minimum Gasteiger partial charge on any atom is -0.354 e. The van der Waals surface area contributed by atoms with Crippen LogP contribution in [0.3, 0.4) is 0 Å². The fraction of sp³-hybridized carbons (Fsp3) is 0.0625. The van der Waals surface area contributed by atoms with Gasteiger partial charge in [0.2, 0.25) is 0 Å². The lowest BCUT2D eigenvalue weighted by Crippen LogP contribution is -2.04. The Balaban J connectivity index is 1.75. The van der Waals surface area contributed by atoms with Gasteiger partial charge in [0.1, 0.15) is 0 Å². The van der Waals surface area contributed by atoms with Gasteiger partial charge in [-0.25, -0.2) is 4.21 Å². The Labute approximate surface area is 125 Å². The zero-order chi connectivity index (χ0) is 14.7. The van der Waals surface area contributed by atoms with Crippen LogP contribution in [0.4, 0.5) is 5.82 Å². The van der Waals surface area contributed by atoms with Gasteiger partial charge in [0.15, 0.2) is 22.6 Å². The highest BCUT2D eigenvalue weighted by molar-refractivity contribution is 7.86. The average molecular weight is 298 g/mol. The molecule has 2 aromatic carbocycles. The van der Waals surface area contributed by atoms with Gasteiger partial charge in [-0.15, -0.1) is 0 Å². The van der Waals surface area contributed by atoms with E-state index in [1.807, 2.05) is 61.5 Å². The van der Waals surface area contributed by atoms with E-state index in [0.717, 1.165) is 11.1 Å². The average Bonchev–Trinajstić information content (AvgIpc) is 2.97. The Morgan fingerprint density at radius 2 is 1.76 bits per heavy atom. The number of benzene rings is 2. The fourth-order valence-corrected chi connectivity index (χ4v) is 2.66. The van der Waals surface area contributed by atoms with Crippen LogP contribution in [0.1, 0.15) is 5.56 Å². The molecule has 1 atom stereocenters. The summed E-state index contributed by atoms with van der Waals surface area (Å²) in [7, 11) is -1.36. The molecule has 5 heteroatoms. The van der Waals surface area contributed by atoms with Crippen molar-refractivity contribution in [2.24, 2.45) is 0 Å². The van der Waals surface area contributed by atoms with Gasteiger partial charge in [0, 0.05) is 11.6 Å². The fourth-order valence-electron chi connectivity index (χ4n) is 1.88. The second-order valence-corrected chi connectivity index (χ2v) is 5.84. The van der Waals surface area contributed by atoms with E-state index in [9.17, 15) is 4.21 Å². The summed E-state index contributed by atoms with van der Waals surface area (Å²) in [5.74, 6) is 1.09. The summed E-state index contributed by atoms with van der Waals surface area (Å²) in [6.07, 6.45) is 0. The van der Waals surface area contributed by atoms with Gasteiger partial charge < -0.3 is 4.52 Å². The number of anilines is 1. The first-order chi connectivity index (χ1) is 10.2. The van der Waals surface area contributed by atoms with Crippen LogP contribution in [0.15, 0.2) is 70.1 Å². The molecule has 1 heterocycles. The van der Waals surface area contributed by atoms with Gasteiger partial charge in [-0.1, -0.05) is 53.2 Å². The molecule has 0 aliphatic heterocycles. The minimum absolute atomic E-state index is 0.452. The topological polar surface area (TPSA) is 55.1 Å². The van der Waals surface area contributed by atoms with Gasteiger partial charge in [-0.3, -0.25) is 4.72 Å². The van der Waals surface area contributed by atoms with Gasteiger partial charge in [-0.05, 0) is 19.1 Å². The summed E-state index contributed by atoms with van der Waals surface area (Å²) in [4.78, 5) is 0.699. The molecular weight excluding hydrogens is 284 g/mol. The SMILES string of the molecule is Cc1ccc(S(=O)Nc2cc(-c3ccccc3)on2)cc1. The van der Waals surface area contributed by atoms with Crippen molar-refractivity contribution in [3.05, 3.63) is 66.2 Å². The second kappa shape index (κ2) is 5.93. The lowest BCUT2D eigenvalue weighted by atomic mass is 10.2. The Kier molecular flexibility index (Phi) is 3.83. The molecule has 106 valence electrons. The lowest BCUT2D eigenvalue weighted by molar-refractivity contribution is 0.436. The Morgan fingerprint density at radius 3 is 2.48 bits per heavy atom. The summed E-state index contributed by atoms with van der Waals surface area (Å²) in [5, 5.41) is 3.90. The Hall–Kier alpha value is -2.40. The quantitative estimate of drug-likeness (QED) is 0.797. The van der Waals surface area contributed by atoms with Crippen molar-refractivity contribution in [3.8, 4) is 11.3 Å². The highest BCUT2D eigenvalue weighted by atomic mass is 32.2. The molecule has 0 saturated carbocycles. The number of hydrogen-bond acceptors (Lipinski definition) is 3. The minimum atomic E-state index is -1.36. The molecule has 0 amide bonds. The van der Waals surface area contributed by atoms with E-state index in [1.165, 1.54) is 0 Å². The summed E-state index contributed by atoms with van der Waals surface area (Å²) in [5.41, 5.74) is 2.06. The molecule has 0 saturated heterocycles. The third-order valence-electron chi connectivity index (χ3n) is 3.00. The molecule has 0 spiro atoms. The zero-order valence-corrected chi connectivity index (χ0v) is 12.3. The summed E-state index contributed by atoms with van der Waals surface area (Å²) in [6, 6.07) is 18.9. The third-order valence-corrected chi connectivity index (χ3v) is 4.10. The molecule has 1 aromatic heterocycles. The largest absolute Gasteiger partial charge is 0.354 e. The molecule has 4 nitrogen and oxygen atoms in total. The molecule has 0 aliphatic carbocycles.